The van der Waals surface area contributed by atoms with Crippen molar-refractivity contribution in [1.82, 2.24) is 10.2 Å². The van der Waals surface area contributed by atoms with E-state index in [4.69, 9.17) is 4.74 Å². The van der Waals surface area contributed by atoms with Crippen LogP contribution in [0.15, 0.2) is 0 Å². The minimum absolute atomic E-state index is 0.0891. The molecule has 0 spiro atoms. The normalized spacial score (nSPS) is 30.2. The van der Waals surface area contributed by atoms with Crippen LogP contribution in [0.25, 0.3) is 0 Å². The summed E-state index contributed by atoms with van der Waals surface area (Å²) in [5, 5.41) is 12.1. The van der Waals surface area contributed by atoms with Gasteiger partial charge in [0.1, 0.15) is 0 Å². The molecule has 0 aromatic rings. The molecular formula is C15H26N2O4. The Balaban J connectivity index is 1.67. The van der Waals surface area contributed by atoms with Crippen molar-refractivity contribution in [2.75, 3.05) is 39.4 Å². The molecule has 3 atom stereocenters. The van der Waals surface area contributed by atoms with Crippen LogP contribution in [0.3, 0.4) is 0 Å². The number of nitrogens with one attached hydrogen (secondary N) is 1. The highest BCUT2D eigenvalue weighted by Crippen LogP contribution is 2.36. The standard InChI is InChI=1S/C15H26N2O4/c1-11-9-12(13(10-11)15(19)20)14(18)16-3-2-4-17-5-7-21-8-6-17/h11-13H,2-10H2,1H3,(H,16,18)(H,19,20)/t11?,12-,13+/m0/s1. The molecule has 0 bridgehead atoms. The molecule has 1 heterocycles. The predicted octanol–water partition coefficient (Wildman–Crippen LogP) is 0.572. The van der Waals surface area contributed by atoms with Crippen molar-refractivity contribution in [3.63, 3.8) is 0 Å². The van der Waals surface area contributed by atoms with E-state index in [-0.39, 0.29) is 11.8 Å². The zero-order valence-electron chi connectivity index (χ0n) is 12.7. The second-order valence-corrected chi connectivity index (χ2v) is 6.23. The summed E-state index contributed by atoms with van der Waals surface area (Å²) in [5.41, 5.74) is 0. The molecule has 6 nitrogen and oxygen atoms in total. The summed E-state index contributed by atoms with van der Waals surface area (Å²) in [6.07, 6.45) is 2.19. The Kier molecular flexibility index (Phi) is 5.99. The number of rotatable bonds is 6. The van der Waals surface area contributed by atoms with E-state index >= 15 is 0 Å². The van der Waals surface area contributed by atoms with Gasteiger partial charge in [-0.05, 0) is 31.7 Å². The van der Waals surface area contributed by atoms with Crippen molar-refractivity contribution in [3.8, 4) is 0 Å². The molecule has 1 amide bonds. The Hall–Kier alpha value is -1.14. The third kappa shape index (κ3) is 4.68. The van der Waals surface area contributed by atoms with Gasteiger partial charge in [-0.15, -0.1) is 0 Å². The Morgan fingerprint density at radius 2 is 1.90 bits per heavy atom. The summed E-state index contributed by atoms with van der Waals surface area (Å²) in [7, 11) is 0. The molecule has 2 rings (SSSR count). The maximum atomic E-state index is 12.1. The van der Waals surface area contributed by atoms with Gasteiger partial charge in [-0.2, -0.15) is 0 Å². The van der Waals surface area contributed by atoms with E-state index < -0.39 is 11.9 Å². The molecule has 1 aliphatic heterocycles. The van der Waals surface area contributed by atoms with Crippen LogP contribution in [-0.4, -0.2) is 61.3 Å². The molecule has 1 unspecified atom stereocenters. The summed E-state index contributed by atoms with van der Waals surface area (Å²) in [6.45, 7) is 7.06. The van der Waals surface area contributed by atoms with E-state index in [0.29, 0.717) is 25.3 Å². The average Bonchev–Trinajstić information content (AvgIpc) is 2.87. The largest absolute Gasteiger partial charge is 0.481 e. The molecule has 2 fully saturated rings. The number of amides is 1. The van der Waals surface area contributed by atoms with Gasteiger partial charge in [-0.3, -0.25) is 14.5 Å². The first kappa shape index (κ1) is 16.2. The lowest BCUT2D eigenvalue weighted by atomic mass is 9.95. The fourth-order valence-corrected chi connectivity index (χ4v) is 3.32. The molecule has 120 valence electrons. The van der Waals surface area contributed by atoms with Crippen molar-refractivity contribution >= 4 is 11.9 Å². The van der Waals surface area contributed by atoms with E-state index in [1.165, 1.54) is 0 Å². The smallest absolute Gasteiger partial charge is 0.307 e. The van der Waals surface area contributed by atoms with Crippen molar-refractivity contribution in [2.24, 2.45) is 17.8 Å². The van der Waals surface area contributed by atoms with Crippen LogP contribution in [-0.2, 0) is 14.3 Å². The predicted molar refractivity (Wildman–Crippen MR) is 77.9 cm³/mol. The van der Waals surface area contributed by atoms with Crippen LogP contribution in [0, 0.1) is 17.8 Å². The van der Waals surface area contributed by atoms with E-state index in [1.807, 2.05) is 6.92 Å². The molecule has 0 aromatic heterocycles. The van der Waals surface area contributed by atoms with Crippen molar-refractivity contribution in [1.29, 1.82) is 0 Å². The number of nitrogens with zero attached hydrogens (tertiary/aromatic N) is 1. The van der Waals surface area contributed by atoms with Crippen LogP contribution in [0.1, 0.15) is 26.2 Å². The minimum Gasteiger partial charge on any atom is -0.481 e. The Bertz CT molecular complexity index is 369. The van der Waals surface area contributed by atoms with Gasteiger partial charge in [0.2, 0.25) is 5.91 Å². The Morgan fingerprint density at radius 1 is 1.24 bits per heavy atom. The second-order valence-electron chi connectivity index (χ2n) is 6.23. The molecule has 21 heavy (non-hydrogen) atoms. The third-order valence-corrected chi connectivity index (χ3v) is 4.51. The molecule has 1 aliphatic carbocycles. The first-order valence-electron chi connectivity index (χ1n) is 7.88. The first-order valence-corrected chi connectivity index (χ1v) is 7.88. The zero-order chi connectivity index (χ0) is 15.2. The maximum absolute atomic E-state index is 12.1. The van der Waals surface area contributed by atoms with Crippen molar-refractivity contribution in [2.45, 2.75) is 26.2 Å². The summed E-state index contributed by atoms with van der Waals surface area (Å²) in [6, 6.07) is 0. The lowest BCUT2D eigenvalue weighted by Gasteiger charge is -2.26. The first-order chi connectivity index (χ1) is 10.1. The topological polar surface area (TPSA) is 78.9 Å². The van der Waals surface area contributed by atoms with Gasteiger partial charge in [-0.1, -0.05) is 6.92 Å². The fourth-order valence-electron chi connectivity index (χ4n) is 3.32. The molecule has 2 N–H and O–H groups in total. The van der Waals surface area contributed by atoms with Gasteiger partial charge in [0.15, 0.2) is 0 Å². The number of aliphatic carboxylic acids is 1. The van der Waals surface area contributed by atoms with Crippen molar-refractivity contribution in [3.05, 3.63) is 0 Å². The maximum Gasteiger partial charge on any atom is 0.307 e. The lowest BCUT2D eigenvalue weighted by molar-refractivity contribution is -0.146. The molecule has 6 heteroatoms. The summed E-state index contributed by atoms with van der Waals surface area (Å²) >= 11 is 0. The third-order valence-electron chi connectivity index (χ3n) is 4.51. The van der Waals surface area contributed by atoms with Gasteiger partial charge < -0.3 is 15.2 Å². The van der Waals surface area contributed by atoms with Gasteiger partial charge in [-0.25, -0.2) is 0 Å². The van der Waals surface area contributed by atoms with Crippen molar-refractivity contribution < 1.29 is 19.4 Å². The van der Waals surface area contributed by atoms with Gasteiger partial charge >= 0.3 is 5.97 Å². The Labute approximate surface area is 125 Å². The number of carboxylic acids is 1. The van der Waals surface area contributed by atoms with E-state index in [9.17, 15) is 14.7 Å². The van der Waals surface area contributed by atoms with Gasteiger partial charge in [0, 0.05) is 19.6 Å². The molecule has 0 radical (unpaired) electrons. The SMILES string of the molecule is CC1C[C@H](C(=O)NCCCN2CCOCC2)[C@H](C(=O)O)C1. The number of carbonyl (C=O) groups is 2. The fraction of sp³-hybridized carbons (Fsp3) is 0.867. The number of morpholine rings is 1. The summed E-state index contributed by atoms with van der Waals surface area (Å²) in [5.74, 6) is -1.49. The number of hydrogen-bond acceptors (Lipinski definition) is 4. The van der Waals surface area contributed by atoms with E-state index in [2.05, 4.69) is 10.2 Å². The second kappa shape index (κ2) is 7.75. The van der Waals surface area contributed by atoms with Crippen LogP contribution in [0.5, 0.6) is 0 Å². The van der Waals surface area contributed by atoms with Crippen LogP contribution >= 0.6 is 0 Å². The van der Waals surface area contributed by atoms with E-state index in [1.54, 1.807) is 0 Å². The van der Waals surface area contributed by atoms with Gasteiger partial charge in [0.05, 0.1) is 25.0 Å². The van der Waals surface area contributed by atoms with Gasteiger partial charge in [0.25, 0.3) is 0 Å². The lowest BCUT2D eigenvalue weighted by Crippen LogP contribution is -2.39. The number of ether oxygens (including phenoxy) is 1. The summed E-state index contributed by atoms with van der Waals surface area (Å²) < 4.78 is 5.29. The zero-order valence-corrected chi connectivity index (χ0v) is 12.7. The molecule has 2 aliphatic rings. The quantitative estimate of drug-likeness (QED) is 0.701. The highest BCUT2D eigenvalue weighted by molar-refractivity contribution is 5.85. The van der Waals surface area contributed by atoms with Crippen LogP contribution in [0.4, 0.5) is 0 Å². The summed E-state index contributed by atoms with van der Waals surface area (Å²) in [4.78, 5) is 25.7. The number of hydrogen-bond donors (Lipinski definition) is 2. The minimum atomic E-state index is -0.840. The molecule has 1 saturated carbocycles. The van der Waals surface area contributed by atoms with Crippen LogP contribution < -0.4 is 5.32 Å². The monoisotopic (exact) mass is 298 g/mol. The molecule has 0 aromatic carbocycles. The number of carboxylic acid groups (broad SMARTS) is 1. The van der Waals surface area contributed by atoms with Crippen LogP contribution in [0.2, 0.25) is 0 Å². The highest BCUT2D eigenvalue weighted by atomic mass is 16.5. The molecule has 1 saturated heterocycles. The average molecular weight is 298 g/mol. The Morgan fingerprint density at radius 3 is 2.57 bits per heavy atom. The highest BCUT2D eigenvalue weighted by Gasteiger charge is 2.40. The molecular weight excluding hydrogens is 272 g/mol. The van der Waals surface area contributed by atoms with E-state index in [0.717, 1.165) is 39.3 Å². The number of carbonyl (C=O) groups excluding carboxylic acids is 1.